The van der Waals surface area contributed by atoms with Crippen LogP contribution in [0.5, 0.6) is 0 Å². The predicted molar refractivity (Wildman–Crippen MR) is 133 cm³/mol. The number of halogens is 2. The van der Waals surface area contributed by atoms with Crippen LogP contribution in [0.2, 0.25) is 5.02 Å². The number of anilines is 1. The van der Waals surface area contributed by atoms with E-state index in [2.05, 4.69) is 10.2 Å². The monoisotopic (exact) mass is 525 g/mol. The van der Waals surface area contributed by atoms with E-state index in [1.54, 1.807) is 26.8 Å². The number of nitrogens with zero attached hydrogens (tertiary/aromatic N) is 2. The van der Waals surface area contributed by atoms with E-state index in [9.17, 15) is 18.8 Å². The van der Waals surface area contributed by atoms with Gasteiger partial charge in [0, 0.05) is 37.7 Å². The van der Waals surface area contributed by atoms with Gasteiger partial charge in [0.25, 0.3) is 0 Å². The van der Waals surface area contributed by atoms with Crippen LogP contribution in [0.4, 0.5) is 9.39 Å². The van der Waals surface area contributed by atoms with Gasteiger partial charge in [-0.05, 0) is 44.0 Å². The molecule has 1 saturated heterocycles. The van der Waals surface area contributed by atoms with Crippen molar-refractivity contribution in [2.24, 2.45) is 0 Å². The highest BCUT2D eigenvalue weighted by molar-refractivity contribution is 7.18. The summed E-state index contributed by atoms with van der Waals surface area (Å²) in [5, 5.41) is 3.46. The van der Waals surface area contributed by atoms with Crippen LogP contribution in [0.15, 0.2) is 18.2 Å². The van der Waals surface area contributed by atoms with Crippen LogP contribution >= 0.6 is 22.9 Å². The fourth-order valence-electron chi connectivity index (χ4n) is 3.81. The van der Waals surface area contributed by atoms with Gasteiger partial charge in [-0.2, -0.15) is 0 Å². The van der Waals surface area contributed by atoms with Crippen molar-refractivity contribution in [3.05, 3.63) is 50.6 Å². The maximum atomic E-state index is 13.3. The second kappa shape index (κ2) is 12.4. The third kappa shape index (κ3) is 7.00. The molecule has 1 fully saturated rings. The molecule has 1 aliphatic rings. The molecule has 3 rings (SSSR count). The molecule has 1 amide bonds. The fourth-order valence-corrected chi connectivity index (χ4v) is 5.14. The van der Waals surface area contributed by atoms with Crippen LogP contribution < -0.4 is 5.32 Å². The summed E-state index contributed by atoms with van der Waals surface area (Å²) in [6.07, 6.45) is 0. The Morgan fingerprint density at radius 1 is 1.06 bits per heavy atom. The molecule has 11 heteroatoms. The summed E-state index contributed by atoms with van der Waals surface area (Å²) in [5.41, 5.74) is 1.46. The number of benzene rings is 1. The van der Waals surface area contributed by atoms with Gasteiger partial charge in [0.15, 0.2) is 0 Å². The van der Waals surface area contributed by atoms with Crippen LogP contribution in [0.25, 0.3) is 0 Å². The highest BCUT2D eigenvalue weighted by Crippen LogP contribution is 2.34. The molecule has 0 radical (unpaired) electrons. The second-order valence-electron chi connectivity index (χ2n) is 8.04. The smallest absolute Gasteiger partial charge is 0.348 e. The number of nitrogens with one attached hydrogen (secondary N) is 1. The van der Waals surface area contributed by atoms with E-state index >= 15 is 0 Å². The number of carbonyl (C=O) groups is 3. The molecule has 2 heterocycles. The Bertz CT molecular complexity index is 1090. The van der Waals surface area contributed by atoms with Gasteiger partial charge in [-0.3, -0.25) is 14.6 Å². The molecule has 0 bridgehead atoms. The number of carbonyl (C=O) groups excluding carboxylic acids is 3. The molecular weight excluding hydrogens is 497 g/mol. The zero-order valence-corrected chi connectivity index (χ0v) is 21.6. The molecule has 8 nitrogen and oxygen atoms in total. The topological polar surface area (TPSA) is 88.2 Å². The SMILES string of the molecule is CCOC(=O)c1sc(NC(=O)CN2CCN(Cc3ccc(F)cc3Cl)CC2)c(C(=O)OCC)c1C. The minimum atomic E-state index is -0.597. The summed E-state index contributed by atoms with van der Waals surface area (Å²) in [5.74, 6) is -1.79. The van der Waals surface area contributed by atoms with Gasteiger partial charge in [0.05, 0.1) is 25.3 Å². The third-order valence-electron chi connectivity index (χ3n) is 5.58. The van der Waals surface area contributed by atoms with Crippen LogP contribution in [0, 0.1) is 12.7 Å². The molecule has 1 aromatic heterocycles. The van der Waals surface area contributed by atoms with E-state index in [-0.39, 0.29) is 46.9 Å². The molecule has 0 spiro atoms. The highest BCUT2D eigenvalue weighted by atomic mass is 35.5. The van der Waals surface area contributed by atoms with Gasteiger partial charge < -0.3 is 14.8 Å². The summed E-state index contributed by atoms with van der Waals surface area (Å²) in [4.78, 5) is 42.1. The van der Waals surface area contributed by atoms with Gasteiger partial charge in [0.1, 0.15) is 15.7 Å². The quantitative estimate of drug-likeness (QED) is 0.496. The Kier molecular flexibility index (Phi) is 9.62. The Hall–Kier alpha value is -2.53. The van der Waals surface area contributed by atoms with Crippen molar-refractivity contribution in [1.29, 1.82) is 0 Å². The molecular formula is C24H29ClFN3O5S. The third-order valence-corrected chi connectivity index (χ3v) is 7.12. The van der Waals surface area contributed by atoms with E-state index in [0.29, 0.717) is 30.2 Å². The van der Waals surface area contributed by atoms with E-state index < -0.39 is 11.9 Å². The van der Waals surface area contributed by atoms with Crippen LogP contribution in [0.1, 0.15) is 45.0 Å². The number of hydrogen-bond acceptors (Lipinski definition) is 8. The molecule has 1 aliphatic heterocycles. The first kappa shape index (κ1) is 27.1. The number of hydrogen-bond donors (Lipinski definition) is 1. The van der Waals surface area contributed by atoms with Crippen molar-refractivity contribution in [1.82, 2.24) is 9.80 Å². The molecule has 0 atom stereocenters. The van der Waals surface area contributed by atoms with Crippen LogP contribution in [-0.4, -0.2) is 73.6 Å². The van der Waals surface area contributed by atoms with Crippen molar-refractivity contribution in [3.8, 4) is 0 Å². The first-order chi connectivity index (χ1) is 16.7. The van der Waals surface area contributed by atoms with E-state index in [0.717, 1.165) is 30.0 Å². The normalized spacial score (nSPS) is 14.5. The van der Waals surface area contributed by atoms with Crippen molar-refractivity contribution >= 4 is 45.8 Å². The molecule has 1 N–H and O–H groups in total. The summed E-state index contributed by atoms with van der Waals surface area (Å²) >= 11 is 7.15. The van der Waals surface area contributed by atoms with Gasteiger partial charge in [-0.25, -0.2) is 14.0 Å². The number of ether oxygens (including phenoxy) is 2. The molecule has 0 unspecified atom stereocenters. The molecule has 2 aromatic rings. The Balaban J connectivity index is 1.60. The summed E-state index contributed by atoms with van der Waals surface area (Å²) in [6.45, 7) is 8.90. The lowest BCUT2D eigenvalue weighted by molar-refractivity contribution is -0.117. The lowest BCUT2D eigenvalue weighted by Crippen LogP contribution is -2.48. The zero-order valence-electron chi connectivity index (χ0n) is 20.0. The first-order valence-corrected chi connectivity index (χ1v) is 12.6. The standard InChI is InChI=1S/C24H29ClFN3O5S/c1-4-33-23(31)20-15(3)21(24(32)34-5-2)35-22(20)27-19(30)14-29-10-8-28(9-11-29)13-16-6-7-17(26)12-18(16)25/h6-7,12H,4-5,8-11,13-14H2,1-3H3,(H,27,30). The fraction of sp³-hybridized carbons (Fsp3) is 0.458. The van der Waals surface area contributed by atoms with E-state index in [4.69, 9.17) is 21.1 Å². The summed E-state index contributed by atoms with van der Waals surface area (Å²) in [6, 6.07) is 4.39. The number of rotatable bonds is 9. The van der Waals surface area contributed by atoms with Gasteiger partial charge in [0.2, 0.25) is 5.91 Å². The minimum absolute atomic E-state index is 0.138. The average molecular weight is 526 g/mol. The van der Waals surface area contributed by atoms with Gasteiger partial charge >= 0.3 is 11.9 Å². The van der Waals surface area contributed by atoms with E-state index in [1.807, 2.05) is 4.90 Å². The molecule has 0 saturated carbocycles. The predicted octanol–water partition coefficient (Wildman–Crippen LogP) is 3.96. The van der Waals surface area contributed by atoms with Crippen molar-refractivity contribution < 1.29 is 28.2 Å². The Morgan fingerprint density at radius 2 is 1.69 bits per heavy atom. The number of thiophene rings is 1. The van der Waals surface area contributed by atoms with Crippen LogP contribution in [-0.2, 0) is 20.8 Å². The van der Waals surface area contributed by atoms with Gasteiger partial charge in [-0.15, -0.1) is 11.3 Å². The van der Waals surface area contributed by atoms with Crippen molar-refractivity contribution in [2.75, 3.05) is 51.3 Å². The van der Waals surface area contributed by atoms with Gasteiger partial charge in [-0.1, -0.05) is 17.7 Å². The molecule has 0 aliphatic carbocycles. The molecule has 35 heavy (non-hydrogen) atoms. The summed E-state index contributed by atoms with van der Waals surface area (Å²) < 4.78 is 23.5. The maximum absolute atomic E-state index is 13.3. The maximum Gasteiger partial charge on any atom is 0.348 e. The minimum Gasteiger partial charge on any atom is -0.462 e. The lowest BCUT2D eigenvalue weighted by Gasteiger charge is -2.34. The van der Waals surface area contributed by atoms with E-state index in [1.165, 1.54) is 12.1 Å². The lowest BCUT2D eigenvalue weighted by atomic mass is 10.1. The molecule has 190 valence electrons. The zero-order chi connectivity index (χ0) is 25.5. The van der Waals surface area contributed by atoms with Crippen molar-refractivity contribution in [2.45, 2.75) is 27.3 Å². The highest BCUT2D eigenvalue weighted by Gasteiger charge is 2.28. The largest absolute Gasteiger partial charge is 0.462 e. The number of amides is 1. The number of piperazine rings is 1. The average Bonchev–Trinajstić information content (AvgIpc) is 3.13. The summed E-state index contributed by atoms with van der Waals surface area (Å²) in [7, 11) is 0. The second-order valence-corrected chi connectivity index (χ2v) is 9.47. The Morgan fingerprint density at radius 3 is 2.31 bits per heavy atom. The van der Waals surface area contributed by atoms with Crippen molar-refractivity contribution in [3.63, 3.8) is 0 Å². The first-order valence-electron chi connectivity index (χ1n) is 11.4. The molecule has 1 aromatic carbocycles. The number of esters is 2. The van der Waals surface area contributed by atoms with Crippen LogP contribution in [0.3, 0.4) is 0 Å². The Labute approximate surface area is 212 Å².